The van der Waals surface area contributed by atoms with Gasteiger partial charge in [-0.25, -0.2) is 15.0 Å². The molecule has 0 fully saturated rings. The van der Waals surface area contributed by atoms with Crippen LogP contribution >= 0.6 is 11.6 Å². The Hall–Kier alpha value is -4.22. The summed E-state index contributed by atoms with van der Waals surface area (Å²) < 4.78 is 6.04. The molecule has 0 aliphatic carbocycles. The van der Waals surface area contributed by atoms with Gasteiger partial charge in [-0.05, 0) is 43.7 Å². The molecule has 1 aromatic heterocycles. The zero-order valence-corrected chi connectivity index (χ0v) is 22.1. The Kier molecular flexibility index (Phi) is 6.52. The van der Waals surface area contributed by atoms with Gasteiger partial charge in [0.25, 0.3) is 0 Å². The standard InChI is InChI=1S/C32H27ClN4O/c1-3-38-30-15-8-7-14-25(30)29-20-28(23-13-9-10-21(2)18-23)36-37(29)32-34-27-17-16-24(33)19-26(27)31(35-32)22-11-5-4-6-12-22/h4-19,29H,3,20H2,1-2H3/t29-/m1/s1. The number of benzene rings is 4. The van der Waals surface area contributed by atoms with Crippen molar-refractivity contribution in [2.75, 3.05) is 11.6 Å². The maximum atomic E-state index is 6.39. The predicted octanol–water partition coefficient (Wildman–Crippen LogP) is 8.01. The molecule has 188 valence electrons. The van der Waals surface area contributed by atoms with Crippen molar-refractivity contribution in [3.63, 3.8) is 0 Å². The molecular formula is C32H27ClN4O. The van der Waals surface area contributed by atoms with Crippen molar-refractivity contribution < 1.29 is 4.74 Å². The van der Waals surface area contributed by atoms with Gasteiger partial charge in [0.1, 0.15) is 5.75 Å². The van der Waals surface area contributed by atoms with Gasteiger partial charge in [-0.15, -0.1) is 0 Å². The van der Waals surface area contributed by atoms with E-state index in [0.717, 1.165) is 44.7 Å². The lowest BCUT2D eigenvalue weighted by atomic mass is 9.97. The fourth-order valence-corrected chi connectivity index (χ4v) is 5.16. The van der Waals surface area contributed by atoms with E-state index in [1.54, 1.807) is 0 Å². The quantitative estimate of drug-likeness (QED) is 0.228. The minimum atomic E-state index is -0.123. The monoisotopic (exact) mass is 518 g/mol. The summed E-state index contributed by atoms with van der Waals surface area (Å²) in [7, 11) is 0. The van der Waals surface area contributed by atoms with Crippen LogP contribution < -0.4 is 9.75 Å². The van der Waals surface area contributed by atoms with Gasteiger partial charge < -0.3 is 4.74 Å². The summed E-state index contributed by atoms with van der Waals surface area (Å²) >= 11 is 6.39. The highest BCUT2D eigenvalue weighted by Crippen LogP contribution is 2.41. The first-order valence-electron chi connectivity index (χ1n) is 12.8. The molecule has 0 bridgehead atoms. The molecular weight excluding hydrogens is 492 g/mol. The van der Waals surface area contributed by atoms with Gasteiger partial charge in [-0.1, -0.05) is 90.0 Å². The SMILES string of the molecule is CCOc1ccccc1[C@H]1CC(c2cccc(C)c2)=NN1c1nc(-c2ccccc2)c2cc(Cl)ccc2n1. The van der Waals surface area contributed by atoms with Crippen LogP contribution in [-0.4, -0.2) is 22.3 Å². The Morgan fingerprint density at radius 3 is 2.47 bits per heavy atom. The molecule has 0 saturated heterocycles. The summed E-state index contributed by atoms with van der Waals surface area (Å²) in [5, 5.41) is 8.64. The summed E-state index contributed by atoms with van der Waals surface area (Å²) in [5.41, 5.74) is 6.98. The largest absolute Gasteiger partial charge is 0.494 e. The minimum Gasteiger partial charge on any atom is -0.494 e. The summed E-state index contributed by atoms with van der Waals surface area (Å²) in [6.07, 6.45) is 0.705. The number of aromatic nitrogens is 2. The molecule has 0 radical (unpaired) electrons. The van der Waals surface area contributed by atoms with Crippen molar-refractivity contribution in [2.45, 2.75) is 26.3 Å². The third kappa shape index (κ3) is 4.61. The van der Waals surface area contributed by atoms with Gasteiger partial charge >= 0.3 is 0 Å². The maximum absolute atomic E-state index is 6.39. The molecule has 5 nitrogen and oxygen atoms in total. The van der Waals surface area contributed by atoms with E-state index in [9.17, 15) is 0 Å². The Labute approximate surface area is 227 Å². The van der Waals surface area contributed by atoms with Crippen LogP contribution in [0.25, 0.3) is 22.2 Å². The van der Waals surface area contributed by atoms with Crippen molar-refractivity contribution in [2.24, 2.45) is 5.10 Å². The topological polar surface area (TPSA) is 50.6 Å². The van der Waals surface area contributed by atoms with Gasteiger partial charge in [-0.3, -0.25) is 0 Å². The van der Waals surface area contributed by atoms with Crippen LogP contribution in [-0.2, 0) is 0 Å². The number of hydrogen-bond acceptors (Lipinski definition) is 5. The minimum absolute atomic E-state index is 0.123. The number of hydrogen-bond donors (Lipinski definition) is 0. The zero-order chi connectivity index (χ0) is 26.1. The molecule has 0 amide bonds. The Morgan fingerprint density at radius 2 is 1.66 bits per heavy atom. The predicted molar refractivity (Wildman–Crippen MR) is 155 cm³/mol. The average Bonchev–Trinajstić information content (AvgIpc) is 3.39. The van der Waals surface area contributed by atoms with Crippen LogP contribution in [0.3, 0.4) is 0 Å². The fraction of sp³-hybridized carbons (Fsp3) is 0.156. The molecule has 5 aromatic rings. The second-order valence-corrected chi connectivity index (χ2v) is 9.79. The summed E-state index contributed by atoms with van der Waals surface area (Å²) in [6.45, 7) is 4.69. The number of hydrazone groups is 1. The van der Waals surface area contributed by atoms with Crippen molar-refractivity contribution in [1.82, 2.24) is 9.97 Å². The molecule has 38 heavy (non-hydrogen) atoms. The van der Waals surface area contributed by atoms with E-state index < -0.39 is 0 Å². The maximum Gasteiger partial charge on any atom is 0.247 e. The van der Waals surface area contributed by atoms with Crippen LogP contribution in [0.1, 0.15) is 36.1 Å². The van der Waals surface area contributed by atoms with Gasteiger partial charge in [0.15, 0.2) is 0 Å². The van der Waals surface area contributed by atoms with E-state index >= 15 is 0 Å². The van der Waals surface area contributed by atoms with Crippen molar-refractivity contribution >= 4 is 34.2 Å². The third-order valence-corrected chi connectivity index (χ3v) is 6.97. The highest BCUT2D eigenvalue weighted by atomic mass is 35.5. The highest BCUT2D eigenvalue weighted by Gasteiger charge is 2.34. The van der Waals surface area contributed by atoms with Crippen LogP contribution in [0.15, 0.2) is 102 Å². The number of halogens is 1. The van der Waals surface area contributed by atoms with Gasteiger partial charge in [0.2, 0.25) is 5.95 Å². The Balaban J connectivity index is 1.55. The number of para-hydroxylation sites is 1. The molecule has 6 rings (SSSR count). The molecule has 0 unspecified atom stereocenters. The lowest BCUT2D eigenvalue weighted by Crippen LogP contribution is -2.22. The van der Waals surface area contributed by atoms with Crippen LogP contribution in [0.5, 0.6) is 5.75 Å². The molecule has 0 N–H and O–H groups in total. The number of fused-ring (bicyclic) bond motifs is 1. The van der Waals surface area contributed by atoms with Crippen LogP contribution in [0.2, 0.25) is 5.02 Å². The molecule has 1 aliphatic rings. The van der Waals surface area contributed by atoms with Crippen molar-refractivity contribution in [1.29, 1.82) is 0 Å². The Morgan fingerprint density at radius 1 is 0.868 bits per heavy atom. The van der Waals surface area contributed by atoms with Gasteiger partial charge in [0, 0.05) is 28.0 Å². The molecule has 2 heterocycles. The number of aryl methyl sites for hydroxylation is 1. The fourth-order valence-electron chi connectivity index (χ4n) is 4.99. The zero-order valence-electron chi connectivity index (χ0n) is 21.3. The second-order valence-electron chi connectivity index (χ2n) is 9.35. The normalized spacial score (nSPS) is 15.1. The van der Waals surface area contributed by atoms with Crippen molar-refractivity contribution in [3.8, 4) is 17.0 Å². The molecule has 6 heteroatoms. The average molecular weight is 519 g/mol. The Bertz CT molecular complexity index is 1650. The lowest BCUT2D eigenvalue weighted by molar-refractivity contribution is 0.334. The van der Waals surface area contributed by atoms with Crippen LogP contribution in [0.4, 0.5) is 5.95 Å². The molecule has 0 saturated carbocycles. The molecule has 1 aliphatic heterocycles. The summed E-state index contributed by atoms with van der Waals surface area (Å²) in [4.78, 5) is 10.1. The molecule has 1 atom stereocenters. The third-order valence-electron chi connectivity index (χ3n) is 6.74. The number of nitrogens with zero attached hydrogens (tertiary/aromatic N) is 4. The van der Waals surface area contributed by atoms with E-state index in [1.807, 2.05) is 66.5 Å². The number of anilines is 1. The smallest absolute Gasteiger partial charge is 0.247 e. The van der Waals surface area contributed by atoms with E-state index in [2.05, 4.69) is 49.4 Å². The molecule has 4 aromatic carbocycles. The first-order chi connectivity index (χ1) is 18.6. The molecule has 0 spiro atoms. The van der Waals surface area contributed by atoms with E-state index in [1.165, 1.54) is 5.56 Å². The number of rotatable bonds is 6. The van der Waals surface area contributed by atoms with E-state index in [4.69, 9.17) is 31.4 Å². The summed E-state index contributed by atoms with van der Waals surface area (Å²) in [6, 6.07) is 32.4. The second kappa shape index (κ2) is 10.3. The van der Waals surface area contributed by atoms with E-state index in [-0.39, 0.29) is 6.04 Å². The highest BCUT2D eigenvalue weighted by molar-refractivity contribution is 6.31. The van der Waals surface area contributed by atoms with Gasteiger partial charge in [0.05, 0.1) is 29.6 Å². The number of ether oxygens (including phenoxy) is 1. The lowest BCUT2D eigenvalue weighted by Gasteiger charge is -2.24. The first-order valence-corrected chi connectivity index (χ1v) is 13.2. The van der Waals surface area contributed by atoms with E-state index in [0.29, 0.717) is 24.0 Å². The van der Waals surface area contributed by atoms with Crippen LogP contribution in [0, 0.1) is 6.92 Å². The van der Waals surface area contributed by atoms with Crippen molar-refractivity contribution in [3.05, 3.63) is 119 Å². The summed E-state index contributed by atoms with van der Waals surface area (Å²) in [5.74, 6) is 1.39. The first kappa shape index (κ1) is 24.1. The van der Waals surface area contributed by atoms with Gasteiger partial charge in [-0.2, -0.15) is 5.10 Å².